The van der Waals surface area contributed by atoms with E-state index in [1.54, 1.807) is 6.26 Å². The van der Waals surface area contributed by atoms with Gasteiger partial charge in [-0.25, -0.2) is 9.97 Å². The largest absolute Gasteiger partial charge is 0.383 e. The molecule has 0 fully saturated rings. The van der Waals surface area contributed by atoms with Crippen molar-refractivity contribution in [2.45, 2.75) is 33.2 Å². The summed E-state index contributed by atoms with van der Waals surface area (Å²) in [4.78, 5) is 8.42. The van der Waals surface area contributed by atoms with Crippen molar-refractivity contribution >= 4 is 22.4 Å². The Morgan fingerprint density at radius 2 is 2.06 bits per heavy atom. The molecular formula is C11H20N4OS. The van der Waals surface area contributed by atoms with Crippen LogP contribution in [0.5, 0.6) is 0 Å². The highest BCUT2D eigenvalue weighted by Crippen LogP contribution is 2.18. The van der Waals surface area contributed by atoms with Gasteiger partial charge < -0.3 is 11.1 Å². The number of nitrogens with two attached hydrogens (primary N) is 1. The number of nitrogen functional groups attached to an aromatic ring is 1. The van der Waals surface area contributed by atoms with Crippen LogP contribution in [0.4, 0.5) is 11.6 Å². The number of anilines is 2. The molecule has 1 aromatic rings. The van der Waals surface area contributed by atoms with E-state index in [0.29, 0.717) is 17.4 Å². The Morgan fingerprint density at radius 3 is 2.65 bits per heavy atom. The van der Waals surface area contributed by atoms with Gasteiger partial charge in [0.25, 0.3) is 0 Å². The molecule has 0 saturated heterocycles. The fraction of sp³-hybridized carbons (Fsp3) is 0.636. The molecule has 0 aromatic carbocycles. The lowest BCUT2D eigenvalue weighted by Gasteiger charge is -2.16. The first-order valence-corrected chi connectivity index (χ1v) is 7.30. The molecular weight excluding hydrogens is 236 g/mol. The highest BCUT2D eigenvalue weighted by atomic mass is 32.2. The molecule has 0 aliphatic rings. The number of hydrogen-bond donors (Lipinski definition) is 2. The molecule has 5 nitrogen and oxygen atoms in total. The van der Waals surface area contributed by atoms with E-state index in [-0.39, 0.29) is 6.04 Å². The number of aromatic nitrogens is 2. The van der Waals surface area contributed by atoms with Crippen LogP contribution in [-0.2, 0) is 10.8 Å². The van der Waals surface area contributed by atoms with Crippen LogP contribution in [0.2, 0.25) is 0 Å². The van der Waals surface area contributed by atoms with Crippen molar-refractivity contribution in [3.8, 4) is 0 Å². The van der Waals surface area contributed by atoms with Crippen molar-refractivity contribution in [2.24, 2.45) is 0 Å². The third-order valence-electron chi connectivity index (χ3n) is 2.52. The summed E-state index contributed by atoms with van der Waals surface area (Å²) in [5.41, 5.74) is 6.64. The summed E-state index contributed by atoms with van der Waals surface area (Å²) in [6.45, 7) is 5.74. The molecule has 17 heavy (non-hydrogen) atoms. The maximum atomic E-state index is 11.0. The van der Waals surface area contributed by atoms with Crippen molar-refractivity contribution in [1.82, 2.24) is 9.97 Å². The zero-order valence-electron chi connectivity index (χ0n) is 10.8. The van der Waals surface area contributed by atoms with Gasteiger partial charge in [0, 0.05) is 34.4 Å². The summed E-state index contributed by atoms with van der Waals surface area (Å²) < 4.78 is 11.0. The van der Waals surface area contributed by atoms with Crippen molar-refractivity contribution in [2.75, 3.05) is 23.1 Å². The molecule has 0 amide bonds. The minimum atomic E-state index is -0.756. The number of nitrogens with one attached hydrogen (secondary N) is 1. The molecule has 2 atom stereocenters. The van der Waals surface area contributed by atoms with Gasteiger partial charge >= 0.3 is 0 Å². The van der Waals surface area contributed by atoms with Crippen LogP contribution in [0.15, 0.2) is 0 Å². The number of aryl methyl sites for hydroxylation is 1. The van der Waals surface area contributed by atoms with E-state index in [1.165, 1.54) is 0 Å². The van der Waals surface area contributed by atoms with Gasteiger partial charge in [0.1, 0.15) is 17.5 Å². The Kier molecular flexibility index (Phi) is 4.86. The summed E-state index contributed by atoms with van der Waals surface area (Å²) in [5.74, 6) is 2.62. The van der Waals surface area contributed by atoms with Gasteiger partial charge in [-0.1, -0.05) is 0 Å². The van der Waals surface area contributed by atoms with Crippen LogP contribution < -0.4 is 11.1 Å². The Labute approximate surface area is 105 Å². The highest BCUT2D eigenvalue weighted by Gasteiger charge is 2.09. The van der Waals surface area contributed by atoms with Crippen LogP contribution in [0.3, 0.4) is 0 Å². The molecule has 96 valence electrons. The molecule has 6 heteroatoms. The van der Waals surface area contributed by atoms with Gasteiger partial charge in [-0.3, -0.25) is 4.21 Å². The van der Waals surface area contributed by atoms with E-state index < -0.39 is 10.8 Å². The molecule has 0 aliphatic carbocycles. The summed E-state index contributed by atoms with van der Waals surface area (Å²) >= 11 is 0. The fourth-order valence-electron chi connectivity index (χ4n) is 1.44. The van der Waals surface area contributed by atoms with E-state index >= 15 is 0 Å². The van der Waals surface area contributed by atoms with Crippen molar-refractivity contribution in [3.05, 3.63) is 11.4 Å². The van der Waals surface area contributed by atoms with Crippen LogP contribution in [0.1, 0.15) is 24.7 Å². The molecule has 0 aliphatic heterocycles. The van der Waals surface area contributed by atoms with Crippen molar-refractivity contribution < 1.29 is 4.21 Å². The third kappa shape index (κ3) is 4.30. The number of rotatable bonds is 5. The normalized spacial score (nSPS) is 14.4. The first kappa shape index (κ1) is 13.9. The van der Waals surface area contributed by atoms with Crippen LogP contribution in [0, 0.1) is 13.8 Å². The number of nitrogens with zero attached hydrogens (tertiary/aromatic N) is 2. The molecule has 2 unspecified atom stereocenters. The maximum Gasteiger partial charge on any atom is 0.134 e. The van der Waals surface area contributed by atoms with Gasteiger partial charge in [0.05, 0.1) is 0 Å². The lowest BCUT2D eigenvalue weighted by Crippen LogP contribution is -2.20. The lowest BCUT2D eigenvalue weighted by atomic mass is 10.2. The van der Waals surface area contributed by atoms with Crippen LogP contribution in [0.25, 0.3) is 0 Å². The smallest absolute Gasteiger partial charge is 0.134 e. The molecule has 0 spiro atoms. The van der Waals surface area contributed by atoms with E-state index in [0.717, 1.165) is 17.8 Å². The summed E-state index contributed by atoms with van der Waals surface area (Å²) in [7, 11) is -0.756. The van der Waals surface area contributed by atoms with Gasteiger partial charge in [-0.05, 0) is 27.2 Å². The van der Waals surface area contributed by atoms with Crippen molar-refractivity contribution in [3.63, 3.8) is 0 Å². The lowest BCUT2D eigenvalue weighted by molar-refractivity contribution is 0.678. The van der Waals surface area contributed by atoms with Gasteiger partial charge in [-0.15, -0.1) is 0 Å². The molecule has 1 aromatic heterocycles. The minimum Gasteiger partial charge on any atom is -0.383 e. The second-order valence-corrected chi connectivity index (χ2v) is 5.80. The Hall–Kier alpha value is -1.17. The minimum absolute atomic E-state index is 0.214. The molecule has 3 N–H and O–H groups in total. The predicted molar refractivity (Wildman–Crippen MR) is 72.6 cm³/mol. The van der Waals surface area contributed by atoms with Crippen LogP contribution >= 0.6 is 0 Å². The zero-order chi connectivity index (χ0) is 13.0. The quantitative estimate of drug-likeness (QED) is 0.828. The Balaban J connectivity index is 2.71. The molecule has 1 heterocycles. The SMILES string of the molecule is Cc1nc(N)c(C)c(NC(C)CCS(C)=O)n1. The molecule has 0 radical (unpaired) electrons. The number of hydrogen-bond acceptors (Lipinski definition) is 5. The summed E-state index contributed by atoms with van der Waals surface area (Å²) in [6, 6.07) is 0.214. The molecule has 0 saturated carbocycles. The molecule has 0 bridgehead atoms. The zero-order valence-corrected chi connectivity index (χ0v) is 11.6. The first-order valence-electron chi connectivity index (χ1n) is 5.57. The summed E-state index contributed by atoms with van der Waals surface area (Å²) in [6.07, 6.45) is 2.55. The van der Waals surface area contributed by atoms with Crippen LogP contribution in [-0.4, -0.2) is 32.2 Å². The second-order valence-electron chi connectivity index (χ2n) is 4.24. The second kappa shape index (κ2) is 5.95. The van der Waals surface area contributed by atoms with Crippen molar-refractivity contribution in [1.29, 1.82) is 0 Å². The predicted octanol–water partition coefficient (Wildman–Crippen LogP) is 1.24. The van der Waals surface area contributed by atoms with E-state index in [4.69, 9.17) is 5.73 Å². The standard InChI is InChI=1S/C11H20N4OS/c1-7(5-6-17(4)16)13-11-8(2)10(12)14-9(3)15-11/h7H,5-6H2,1-4H3,(H3,12,13,14,15). The van der Waals surface area contributed by atoms with E-state index in [2.05, 4.69) is 15.3 Å². The monoisotopic (exact) mass is 256 g/mol. The average Bonchev–Trinajstić information content (AvgIpc) is 2.22. The average molecular weight is 256 g/mol. The fourth-order valence-corrected chi connectivity index (χ4v) is 2.12. The van der Waals surface area contributed by atoms with Gasteiger partial charge in [0.2, 0.25) is 0 Å². The van der Waals surface area contributed by atoms with Gasteiger partial charge in [-0.2, -0.15) is 0 Å². The topological polar surface area (TPSA) is 80.9 Å². The van der Waals surface area contributed by atoms with E-state index in [1.807, 2.05) is 20.8 Å². The Bertz CT molecular complexity index is 422. The summed E-state index contributed by atoms with van der Waals surface area (Å²) in [5, 5.41) is 3.28. The highest BCUT2D eigenvalue weighted by molar-refractivity contribution is 7.84. The van der Waals surface area contributed by atoms with Gasteiger partial charge in [0.15, 0.2) is 0 Å². The third-order valence-corrected chi connectivity index (χ3v) is 3.33. The molecule has 1 rings (SSSR count). The first-order chi connectivity index (χ1) is 7.90. The maximum absolute atomic E-state index is 11.0. The van der Waals surface area contributed by atoms with E-state index in [9.17, 15) is 4.21 Å². The Morgan fingerprint density at radius 1 is 1.41 bits per heavy atom.